The highest BCUT2D eigenvalue weighted by Crippen LogP contribution is 2.18. The van der Waals surface area contributed by atoms with Crippen LogP contribution in [0.2, 0.25) is 0 Å². The van der Waals surface area contributed by atoms with Gasteiger partial charge in [0.2, 0.25) is 0 Å². The van der Waals surface area contributed by atoms with Crippen LogP contribution in [0, 0.1) is 6.92 Å². The molecule has 0 amide bonds. The Morgan fingerprint density at radius 2 is 2.36 bits per heavy atom. The van der Waals surface area contributed by atoms with Crippen molar-refractivity contribution in [3.8, 4) is 0 Å². The molecular formula is C9H13N5. The van der Waals surface area contributed by atoms with Gasteiger partial charge in [-0.25, -0.2) is 4.98 Å². The Hall–Kier alpha value is -1.62. The smallest absolute Gasteiger partial charge is 0.129 e. The molecule has 0 saturated heterocycles. The molecule has 0 fully saturated rings. The molecule has 0 aliphatic heterocycles. The minimum Gasteiger partial charge on any atom is -0.347 e. The number of aryl methyl sites for hydroxylation is 2. The number of aromatic amines is 1. The quantitative estimate of drug-likeness (QED) is 0.726. The van der Waals surface area contributed by atoms with Crippen molar-refractivity contribution < 1.29 is 0 Å². The maximum absolute atomic E-state index is 6.05. The van der Waals surface area contributed by atoms with Crippen molar-refractivity contribution in [1.82, 2.24) is 19.7 Å². The lowest BCUT2D eigenvalue weighted by Gasteiger charge is -2.10. The third kappa shape index (κ3) is 1.31. The second-order valence-electron chi connectivity index (χ2n) is 3.29. The molecular weight excluding hydrogens is 178 g/mol. The zero-order chi connectivity index (χ0) is 10.1. The van der Waals surface area contributed by atoms with Gasteiger partial charge in [-0.15, -0.1) is 0 Å². The Kier molecular flexibility index (Phi) is 2.09. The number of rotatable bonds is 2. The molecule has 0 radical (unpaired) electrons. The summed E-state index contributed by atoms with van der Waals surface area (Å²) in [5.41, 5.74) is 8.12. The van der Waals surface area contributed by atoms with E-state index in [9.17, 15) is 0 Å². The van der Waals surface area contributed by atoms with Crippen LogP contribution in [0.5, 0.6) is 0 Å². The van der Waals surface area contributed by atoms with Crippen LogP contribution >= 0.6 is 0 Å². The molecule has 0 bridgehead atoms. The number of aromatic nitrogens is 4. The first-order chi connectivity index (χ1) is 6.70. The van der Waals surface area contributed by atoms with Crippen molar-refractivity contribution in [3.63, 3.8) is 0 Å². The van der Waals surface area contributed by atoms with Crippen LogP contribution in [0.25, 0.3) is 0 Å². The lowest BCUT2D eigenvalue weighted by molar-refractivity contribution is 0.653. The second-order valence-corrected chi connectivity index (χ2v) is 3.29. The van der Waals surface area contributed by atoms with Gasteiger partial charge in [-0.3, -0.25) is 4.68 Å². The highest BCUT2D eigenvalue weighted by molar-refractivity contribution is 5.24. The van der Waals surface area contributed by atoms with Crippen LogP contribution < -0.4 is 5.73 Å². The molecule has 0 aliphatic carbocycles. The summed E-state index contributed by atoms with van der Waals surface area (Å²) in [5, 5.41) is 4.14. The largest absolute Gasteiger partial charge is 0.347 e. The van der Waals surface area contributed by atoms with E-state index in [2.05, 4.69) is 15.1 Å². The van der Waals surface area contributed by atoms with Crippen molar-refractivity contribution >= 4 is 0 Å². The third-order valence-corrected chi connectivity index (χ3v) is 2.29. The average Bonchev–Trinajstić information content (AvgIpc) is 2.75. The van der Waals surface area contributed by atoms with Crippen LogP contribution in [0.15, 0.2) is 18.6 Å². The van der Waals surface area contributed by atoms with E-state index >= 15 is 0 Å². The predicted octanol–water partition coefficient (Wildman–Crippen LogP) is 0.500. The molecule has 0 spiro atoms. The zero-order valence-corrected chi connectivity index (χ0v) is 8.23. The van der Waals surface area contributed by atoms with E-state index in [1.165, 1.54) is 0 Å². The van der Waals surface area contributed by atoms with Gasteiger partial charge in [0.25, 0.3) is 0 Å². The van der Waals surface area contributed by atoms with Crippen molar-refractivity contribution in [2.75, 3.05) is 0 Å². The first-order valence-electron chi connectivity index (χ1n) is 4.43. The summed E-state index contributed by atoms with van der Waals surface area (Å²) < 4.78 is 1.78. The van der Waals surface area contributed by atoms with Gasteiger partial charge in [0.15, 0.2) is 0 Å². The summed E-state index contributed by atoms with van der Waals surface area (Å²) >= 11 is 0. The lowest BCUT2D eigenvalue weighted by atomic mass is 10.1. The molecule has 14 heavy (non-hydrogen) atoms. The van der Waals surface area contributed by atoms with Gasteiger partial charge in [0, 0.05) is 19.4 Å². The van der Waals surface area contributed by atoms with Crippen LogP contribution in [0.4, 0.5) is 0 Å². The summed E-state index contributed by atoms with van der Waals surface area (Å²) in [6.45, 7) is 1.99. The molecule has 74 valence electrons. The minimum atomic E-state index is -0.238. The fourth-order valence-electron chi connectivity index (χ4n) is 1.58. The van der Waals surface area contributed by atoms with Gasteiger partial charge in [0.05, 0.1) is 11.9 Å². The van der Waals surface area contributed by atoms with E-state index in [-0.39, 0.29) is 6.04 Å². The summed E-state index contributed by atoms with van der Waals surface area (Å²) in [7, 11) is 1.88. The van der Waals surface area contributed by atoms with Gasteiger partial charge in [0.1, 0.15) is 11.9 Å². The summed E-state index contributed by atoms with van der Waals surface area (Å²) in [6.07, 6.45) is 5.26. The Morgan fingerprint density at radius 3 is 2.86 bits per heavy atom. The number of nitrogens with one attached hydrogen (secondary N) is 1. The van der Waals surface area contributed by atoms with E-state index < -0.39 is 0 Å². The Bertz CT molecular complexity index is 395. The predicted molar refractivity (Wildman–Crippen MR) is 52.6 cm³/mol. The highest BCUT2D eigenvalue weighted by atomic mass is 15.3. The molecule has 1 unspecified atom stereocenters. The van der Waals surface area contributed by atoms with Crippen molar-refractivity contribution in [2.45, 2.75) is 13.0 Å². The van der Waals surface area contributed by atoms with Crippen LogP contribution in [0.3, 0.4) is 0 Å². The number of nitrogens with two attached hydrogens (primary N) is 1. The molecule has 1 atom stereocenters. The van der Waals surface area contributed by atoms with Gasteiger partial charge in [-0.1, -0.05) is 0 Å². The first-order valence-corrected chi connectivity index (χ1v) is 4.43. The molecule has 2 heterocycles. The van der Waals surface area contributed by atoms with E-state index in [1.807, 2.05) is 14.0 Å². The molecule has 0 saturated carbocycles. The Balaban J connectivity index is 2.41. The monoisotopic (exact) mass is 191 g/mol. The summed E-state index contributed by atoms with van der Waals surface area (Å²) in [5.74, 6) is 0.761. The van der Waals surface area contributed by atoms with E-state index in [1.54, 1.807) is 23.3 Å². The van der Waals surface area contributed by atoms with Crippen LogP contribution in [-0.4, -0.2) is 19.7 Å². The SMILES string of the molecule is Cc1cnn(C)c1C(N)c1ncc[nH]1. The van der Waals surface area contributed by atoms with Crippen LogP contribution in [0.1, 0.15) is 23.1 Å². The molecule has 5 heteroatoms. The van der Waals surface area contributed by atoms with E-state index in [4.69, 9.17) is 5.73 Å². The fourth-order valence-corrected chi connectivity index (χ4v) is 1.58. The number of hydrogen-bond donors (Lipinski definition) is 2. The van der Waals surface area contributed by atoms with Crippen LogP contribution in [-0.2, 0) is 7.05 Å². The Labute approximate surface area is 82.0 Å². The molecule has 2 aromatic rings. The van der Waals surface area contributed by atoms with Crippen molar-refractivity contribution in [2.24, 2.45) is 12.8 Å². The number of nitrogens with zero attached hydrogens (tertiary/aromatic N) is 3. The number of imidazole rings is 1. The molecule has 0 aromatic carbocycles. The molecule has 3 N–H and O–H groups in total. The Morgan fingerprint density at radius 1 is 1.57 bits per heavy atom. The highest BCUT2D eigenvalue weighted by Gasteiger charge is 2.17. The molecule has 2 rings (SSSR count). The van der Waals surface area contributed by atoms with Gasteiger partial charge in [-0.05, 0) is 12.5 Å². The lowest BCUT2D eigenvalue weighted by Crippen LogP contribution is -2.18. The zero-order valence-electron chi connectivity index (χ0n) is 8.23. The fraction of sp³-hybridized carbons (Fsp3) is 0.333. The standard InChI is InChI=1S/C9H13N5/c1-6-5-13-14(2)8(6)7(10)9-11-3-4-12-9/h3-5,7H,10H2,1-2H3,(H,11,12). The van der Waals surface area contributed by atoms with Gasteiger partial charge >= 0.3 is 0 Å². The topological polar surface area (TPSA) is 72.5 Å². The number of hydrogen-bond acceptors (Lipinski definition) is 3. The normalized spacial score (nSPS) is 13.1. The van der Waals surface area contributed by atoms with Crippen molar-refractivity contribution in [1.29, 1.82) is 0 Å². The first kappa shape index (κ1) is 8.96. The van der Waals surface area contributed by atoms with E-state index in [0.717, 1.165) is 17.1 Å². The minimum absolute atomic E-state index is 0.238. The molecule has 0 aliphatic rings. The second kappa shape index (κ2) is 3.26. The van der Waals surface area contributed by atoms with Gasteiger partial charge < -0.3 is 10.7 Å². The average molecular weight is 191 g/mol. The summed E-state index contributed by atoms with van der Waals surface area (Å²) in [4.78, 5) is 7.14. The molecule has 5 nitrogen and oxygen atoms in total. The van der Waals surface area contributed by atoms with E-state index in [0.29, 0.717) is 0 Å². The van der Waals surface area contributed by atoms with Crippen molar-refractivity contribution in [3.05, 3.63) is 35.7 Å². The third-order valence-electron chi connectivity index (χ3n) is 2.29. The summed E-state index contributed by atoms with van der Waals surface area (Å²) in [6, 6.07) is -0.238. The van der Waals surface area contributed by atoms with Gasteiger partial charge in [-0.2, -0.15) is 5.10 Å². The number of H-pyrrole nitrogens is 1. The maximum atomic E-state index is 6.05. The maximum Gasteiger partial charge on any atom is 0.129 e. The molecule has 2 aromatic heterocycles.